The van der Waals surface area contributed by atoms with E-state index in [-0.39, 0.29) is 32.8 Å². The van der Waals surface area contributed by atoms with Gasteiger partial charge in [0.15, 0.2) is 0 Å². The Bertz CT molecular complexity index is 740. The molecule has 31 heavy (non-hydrogen) atoms. The maximum absolute atomic E-state index is 11.8. The molecule has 0 radical (unpaired) electrons. The predicted molar refractivity (Wildman–Crippen MR) is 111 cm³/mol. The molecule has 0 heterocycles. The Labute approximate surface area is 179 Å². The monoisotopic (exact) mass is 440 g/mol. The van der Waals surface area contributed by atoms with Crippen LogP contribution in [0.25, 0.3) is 0 Å². The van der Waals surface area contributed by atoms with E-state index in [9.17, 15) is 24.3 Å². The van der Waals surface area contributed by atoms with Crippen LogP contribution >= 0.6 is 0 Å². The number of anilines is 2. The van der Waals surface area contributed by atoms with Gasteiger partial charge in [-0.05, 0) is 31.2 Å². The van der Waals surface area contributed by atoms with Gasteiger partial charge in [-0.15, -0.1) is 0 Å². The van der Waals surface area contributed by atoms with Gasteiger partial charge in [-0.1, -0.05) is 0 Å². The van der Waals surface area contributed by atoms with E-state index in [1.54, 1.807) is 31.2 Å². The summed E-state index contributed by atoms with van der Waals surface area (Å²) in [7, 11) is 0. The van der Waals surface area contributed by atoms with Crippen molar-refractivity contribution in [2.75, 3.05) is 56.1 Å². The van der Waals surface area contributed by atoms with E-state index < -0.39 is 43.0 Å². The highest BCUT2D eigenvalue weighted by Gasteiger charge is 2.18. The number of hydrogen-bond donors (Lipinski definition) is 5. The fraction of sp³-hybridized carbons (Fsp3) is 0.474. The molecule has 1 atom stereocenters. The number of hydrogen-bond acceptors (Lipinski definition) is 9. The summed E-state index contributed by atoms with van der Waals surface area (Å²) in [4.78, 5) is 47.6. The number of benzene rings is 1. The van der Waals surface area contributed by atoms with Gasteiger partial charge < -0.3 is 36.0 Å². The van der Waals surface area contributed by atoms with Crippen molar-refractivity contribution >= 4 is 35.3 Å². The van der Waals surface area contributed by atoms with Gasteiger partial charge in [0.1, 0.15) is 19.2 Å². The summed E-state index contributed by atoms with van der Waals surface area (Å²) < 4.78 is 4.95. The molecular formula is C19H28N4O8. The maximum atomic E-state index is 11.8. The van der Waals surface area contributed by atoms with Crippen molar-refractivity contribution in [1.29, 1.82) is 0 Å². The quantitative estimate of drug-likeness (QED) is 0.218. The highest BCUT2D eigenvalue weighted by molar-refractivity contribution is 5.79. The molecule has 0 saturated carbocycles. The molecule has 0 fully saturated rings. The molecule has 0 aliphatic heterocycles. The Kier molecular flexibility index (Phi) is 10.8. The van der Waals surface area contributed by atoms with Crippen LogP contribution in [0.15, 0.2) is 24.3 Å². The predicted octanol–water partition coefficient (Wildman–Crippen LogP) is -0.649. The number of nitrogens with one attached hydrogen (secondary N) is 1. The fourth-order valence-corrected chi connectivity index (χ4v) is 2.68. The van der Waals surface area contributed by atoms with Crippen LogP contribution in [0.5, 0.6) is 0 Å². The number of nitrogens with two attached hydrogens (primary N) is 1. The maximum Gasteiger partial charge on any atom is 0.328 e. The highest BCUT2D eigenvalue weighted by atomic mass is 16.5. The van der Waals surface area contributed by atoms with Crippen molar-refractivity contribution < 1.29 is 39.2 Å². The smallest absolute Gasteiger partial charge is 0.328 e. The number of carbonyl (C=O) groups excluding carboxylic acids is 1. The van der Waals surface area contributed by atoms with Gasteiger partial charge in [0.25, 0.3) is 0 Å². The molecule has 1 rings (SSSR count). The molecular weight excluding hydrogens is 412 g/mol. The standard InChI is InChI=1S/C19H28N4O8/c1-13(19(30)31-9-6-20)21-14-2-4-15(5-3-14)23(12-18(28)29)8-7-22(10-16(24)25)11-17(26)27/h2-5,13,21H,6-12,20H2,1H3,(H,24,25)(H,26,27)(H,28,29)/t13-/m0/s1. The molecule has 0 bridgehead atoms. The fourth-order valence-electron chi connectivity index (χ4n) is 2.68. The minimum Gasteiger partial charge on any atom is -0.480 e. The van der Waals surface area contributed by atoms with Gasteiger partial charge in [-0.3, -0.25) is 19.3 Å². The molecule has 0 saturated heterocycles. The number of ether oxygens (including phenoxy) is 1. The number of aliphatic carboxylic acids is 3. The minimum atomic E-state index is -1.18. The summed E-state index contributed by atoms with van der Waals surface area (Å²) in [6, 6.07) is 5.98. The van der Waals surface area contributed by atoms with E-state index >= 15 is 0 Å². The van der Waals surface area contributed by atoms with Gasteiger partial charge in [0.2, 0.25) is 0 Å². The number of carbonyl (C=O) groups is 4. The van der Waals surface area contributed by atoms with Crippen LogP contribution < -0.4 is 16.0 Å². The van der Waals surface area contributed by atoms with E-state index in [0.29, 0.717) is 11.4 Å². The molecule has 1 aromatic carbocycles. The van der Waals surface area contributed by atoms with Crippen LogP contribution in [0.3, 0.4) is 0 Å². The van der Waals surface area contributed by atoms with Crippen molar-refractivity contribution in [1.82, 2.24) is 4.90 Å². The molecule has 0 unspecified atom stereocenters. The van der Waals surface area contributed by atoms with Gasteiger partial charge >= 0.3 is 23.9 Å². The third-order valence-corrected chi connectivity index (χ3v) is 4.06. The molecule has 0 amide bonds. The van der Waals surface area contributed by atoms with E-state index in [1.165, 1.54) is 9.80 Å². The lowest BCUT2D eigenvalue weighted by atomic mass is 10.2. The lowest BCUT2D eigenvalue weighted by molar-refractivity contribution is -0.144. The van der Waals surface area contributed by atoms with Gasteiger partial charge in [0.05, 0.1) is 13.1 Å². The normalized spacial score (nSPS) is 11.6. The summed E-state index contributed by atoms with van der Waals surface area (Å²) >= 11 is 0. The summed E-state index contributed by atoms with van der Waals surface area (Å²) in [5, 5.41) is 30.0. The molecule has 0 spiro atoms. The molecule has 0 aliphatic rings. The largest absolute Gasteiger partial charge is 0.480 e. The second-order valence-corrected chi connectivity index (χ2v) is 6.68. The van der Waals surface area contributed by atoms with Crippen molar-refractivity contribution in [3.8, 4) is 0 Å². The number of nitrogens with zero attached hydrogens (tertiary/aromatic N) is 2. The zero-order valence-electron chi connectivity index (χ0n) is 17.2. The molecule has 1 aromatic rings. The number of carboxylic acid groups (broad SMARTS) is 3. The molecule has 0 aromatic heterocycles. The van der Waals surface area contributed by atoms with E-state index in [4.69, 9.17) is 20.7 Å². The van der Waals surface area contributed by atoms with Crippen LogP contribution in [0.2, 0.25) is 0 Å². The Morgan fingerprint density at radius 1 is 0.968 bits per heavy atom. The topological polar surface area (TPSA) is 183 Å². The van der Waals surface area contributed by atoms with Gasteiger partial charge in [-0.25, -0.2) is 4.79 Å². The number of carboxylic acids is 3. The Hall–Kier alpha value is -3.38. The molecule has 172 valence electrons. The third kappa shape index (κ3) is 10.3. The average molecular weight is 440 g/mol. The van der Waals surface area contributed by atoms with Crippen molar-refractivity contribution in [3.05, 3.63) is 24.3 Å². The lowest BCUT2D eigenvalue weighted by Crippen LogP contribution is -2.42. The van der Waals surface area contributed by atoms with Crippen LogP contribution in [0, 0.1) is 0 Å². The Morgan fingerprint density at radius 3 is 2.00 bits per heavy atom. The first-order chi connectivity index (χ1) is 14.6. The molecule has 0 aliphatic carbocycles. The molecule has 12 nitrogen and oxygen atoms in total. The van der Waals surface area contributed by atoms with Crippen molar-refractivity contribution in [3.63, 3.8) is 0 Å². The third-order valence-electron chi connectivity index (χ3n) is 4.06. The first-order valence-electron chi connectivity index (χ1n) is 9.48. The van der Waals surface area contributed by atoms with Gasteiger partial charge in [0, 0.05) is 31.0 Å². The molecule has 12 heteroatoms. The summed E-state index contributed by atoms with van der Waals surface area (Å²) in [6.07, 6.45) is 0. The highest BCUT2D eigenvalue weighted by Crippen LogP contribution is 2.19. The Balaban J connectivity index is 2.82. The van der Waals surface area contributed by atoms with Crippen molar-refractivity contribution in [2.45, 2.75) is 13.0 Å². The van der Waals surface area contributed by atoms with E-state index in [2.05, 4.69) is 5.32 Å². The summed E-state index contributed by atoms with van der Waals surface area (Å²) in [6.45, 7) is 0.795. The average Bonchev–Trinajstić information content (AvgIpc) is 2.68. The second-order valence-electron chi connectivity index (χ2n) is 6.68. The summed E-state index contributed by atoms with van der Waals surface area (Å²) in [5.41, 5.74) is 6.44. The van der Waals surface area contributed by atoms with Gasteiger partial charge in [-0.2, -0.15) is 0 Å². The second kappa shape index (κ2) is 13.0. The van der Waals surface area contributed by atoms with Crippen LogP contribution in [0.4, 0.5) is 11.4 Å². The van der Waals surface area contributed by atoms with Crippen molar-refractivity contribution in [2.24, 2.45) is 5.73 Å². The van der Waals surface area contributed by atoms with E-state index in [1.807, 2.05) is 0 Å². The zero-order valence-corrected chi connectivity index (χ0v) is 17.2. The summed E-state index contributed by atoms with van der Waals surface area (Å²) in [5.74, 6) is -3.92. The van der Waals surface area contributed by atoms with Crippen LogP contribution in [0.1, 0.15) is 6.92 Å². The number of rotatable bonds is 15. The Morgan fingerprint density at radius 2 is 1.52 bits per heavy atom. The van der Waals surface area contributed by atoms with Crippen LogP contribution in [-0.4, -0.2) is 96.0 Å². The molecule has 6 N–H and O–H groups in total. The first-order valence-corrected chi connectivity index (χ1v) is 9.48. The first kappa shape index (κ1) is 25.7. The zero-order chi connectivity index (χ0) is 23.4. The van der Waals surface area contributed by atoms with Crippen LogP contribution in [-0.2, 0) is 23.9 Å². The lowest BCUT2D eigenvalue weighted by Gasteiger charge is -2.27. The van der Waals surface area contributed by atoms with E-state index in [0.717, 1.165) is 0 Å². The number of esters is 1. The minimum absolute atomic E-state index is 0.0376. The SMILES string of the molecule is C[C@H](Nc1ccc(N(CCN(CC(=O)O)CC(=O)O)CC(=O)O)cc1)C(=O)OCCN.